The number of amides is 1. The minimum Gasteiger partial charge on any atom is -0.548 e. The number of fused-ring (bicyclic) bond motifs is 3. The molecular weight excluding hydrogens is 404 g/mol. The number of ether oxygens (including phenoxy) is 1. The second-order valence-electron chi connectivity index (χ2n) is 7.29. The molecule has 1 aliphatic rings. The lowest BCUT2D eigenvalue weighted by Crippen LogP contribution is -2.49. The highest BCUT2D eigenvalue weighted by molar-refractivity contribution is 5.80. The molecule has 0 aromatic heterocycles. The Labute approximate surface area is 177 Å². The van der Waals surface area contributed by atoms with Crippen molar-refractivity contribution in [1.29, 1.82) is 0 Å². The first-order valence-corrected chi connectivity index (χ1v) is 9.70. The van der Waals surface area contributed by atoms with Crippen LogP contribution >= 0.6 is 0 Å². The summed E-state index contributed by atoms with van der Waals surface area (Å²) >= 11 is 0. The molecule has 1 aliphatic carbocycles. The fourth-order valence-electron chi connectivity index (χ4n) is 3.88. The molecule has 0 aliphatic heterocycles. The van der Waals surface area contributed by atoms with Crippen LogP contribution in [-0.4, -0.2) is 24.7 Å². The first-order valence-electron chi connectivity index (χ1n) is 9.70. The Bertz CT molecular complexity index is 1100. The van der Waals surface area contributed by atoms with Gasteiger partial charge in [0.2, 0.25) is 0 Å². The van der Waals surface area contributed by atoms with E-state index in [1.807, 2.05) is 48.5 Å². The topological polar surface area (TPSA) is 78.5 Å². The van der Waals surface area contributed by atoms with Crippen LogP contribution in [0.2, 0.25) is 0 Å². The normalized spacial score (nSPS) is 13.2. The molecule has 3 aromatic rings. The summed E-state index contributed by atoms with van der Waals surface area (Å²) in [6, 6.07) is 17.2. The molecule has 5 nitrogen and oxygen atoms in total. The van der Waals surface area contributed by atoms with E-state index in [4.69, 9.17) is 4.74 Å². The third-order valence-electron chi connectivity index (χ3n) is 5.34. The Morgan fingerprint density at radius 2 is 1.55 bits per heavy atom. The molecule has 0 heterocycles. The largest absolute Gasteiger partial charge is 0.548 e. The van der Waals surface area contributed by atoms with Crippen LogP contribution in [0.3, 0.4) is 0 Å². The van der Waals surface area contributed by atoms with E-state index >= 15 is 0 Å². The van der Waals surface area contributed by atoms with E-state index in [1.54, 1.807) is 0 Å². The molecule has 31 heavy (non-hydrogen) atoms. The van der Waals surface area contributed by atoms with Gasteiger partial charge in [-0.15, -0.1) is 0 Å². The van der Waals surface area contributed by atoms with Gasteiger partial charge in [0.15, 0.2) is 11.6 Å². The molecule has 0 saturated heterocycles. The van der Waals surface area contributed by atoms with Gasteiger partial charge in [-0.05, 0) is 46.4 Å². The fraction of sp³-hybridized carbons (Fsp3) is 0.167. The van der Waals surface area contributed by atoms with Crippen LogP contribution in [-0.2, 0) is 16.0 Å². The van der Waals surface area contributed by atoms with Gasteiger partial charge in [0.1, 0.15) is 6.61 Å². The number of hydrogen-bond donors (Lipinski definition) is 1. The van der Waals surface area contributed by atoms with Crippen molar-refractivity contribution < 1.29 is 28.2 Å². The lowest BCUT2D eigenvalue weighted by Gasteiger charge is -2.21. The summed E-state index contributed by atoms with van der Waals surface area (Å²) in [6.07, 6.45) is -1.21. The smallest absolute Gasteiger partial charge is 0.407 e. The van der Waals surface area contributed by atoms with Crippen molar-refractivity contribution in [2.24, 2.45) is 0 Å². The lowest BCUT2D eigenvalue weighted by molar-refractivity contribution is -0.308. The van der Waals surface area contributed by atoms with Gasteiger partial charge in [0.05, 0.1) is 12.0 Å². The van der Waals surface area contributed by atoms with E-state index in [9.17, 15) is 23.5 Å². The Balaban J connectivity index is 1.43. The van der Waals surface area contributed by atoms with Crippen molar-refractivity contribution in [1.82, 2.24) is 5.32 Å². The lowest BCUT2D eigenvalue weighted by atomic mass is 9.98. The SMILES string of the molecule is O=C(N[C@@H](Cc1ccc(F)c(F)c1)C(=O)[O-])OCC1c2ccccc2-c2ccccc21. The maximum Gasteiger partial charge on any atom is 0.407 e. The predicted molar refractivity (Wildman–Crippen MR) is 107 cm³/mol. The number of carbonyl (C=O) groups excluding carboxylic acids is 2. The molecule has 0 radical (unpaired) electrons. The Morgan fingerprint density at radius 1 is 0.935 bits per heavy atom. The van der Waals surface area contributed by atoms with Gasteiger partial charge in [-0.1, -0.05) is 54.6 Å². The summed E-state index contributed by atoms with van der Waals surface area (Å²) in [5.41, 5.74) is 4.38. The van der Waals surface area contributed by atoms with Gasteiger partial charge in [0.25, 0.3) is 0 Å². The number of nitrogens with one attached hydrogen (secondary N) is 1. The van der Waals surface area contributed by atoms with E-state index in [-0.39, 0.29) is 24.5 Å². The summed E-state index contributed by atoms with van der Waals surface area (Å²) in [6.45, 7) is 0.0187. The van der Waals surface area contributed by atoms with Crippen molar-refractivity contribution in [2.45, 2.75) is 18.4 Å². The van der Waals surface area contributed by atoms with Gasteiger partial charge in [-0.25, -0.2) is 13.6 Å². The Kier molecular flexibility index (Phi) is 5.66. The van der Waals surface area contributed by atoms with E-state index in [1.165, 1.54) is 6.07 Å². The van der Waals surface area contributed by atoms with E-state index in [0.717, 1.165) is 34.4 Å². The number of carbonyl (C=O) groups is 2. The summed E-state index contributed by atoms with van der Waals surface area (Å²) < 4.78 is 31.8. The van der Waals surface area contributed by atoms with Crippen LogP contribution in [0.1, 0.15) is 22.6 Å². The molecule has 4 rings (SSSR count). The fourth-order valence-corrected chi connectivity index (χ4v) is 3.88. The number of aliphatic carboxylic acids is 1. The van der Waals surface area contributed by atoms with Gasteiger partial charge >= 0.3 is 6.09 Å². The van der Waals surface area contributed by atoms with Gasteiger partial charge in [-0.3, -0.25) is 0 Å². The van der Waals surface area contributed by atoms with Crippen LogP contribution in [0.5, 0.6) is 0 Å². The highest BCUT2D eigenvalue weighted by Gasteiger charge is 2.29. The third kappa shape index (κ3) is 4.26. The molecule has 0 unspecified atom stereocenters. The molecule has 0 bridgehead atoms. The Morgan fingerprint density at radius 3 is 2.13 bits per heavy atom. The molecule has 0 saturated carbocycles. The van der Waals surface area contributed by atoms with Gasteiger partial charge < -0.3 is 20.0 Å². The van der Waals surface area contributed by atoms with Crippen molar-refractivity contribution in [3.05, 3.63) is 95.1 Å². The summed E-state index contributed by atoms with van der Waals surface area (Å²) in [5.74, 6) is -3.88. The number of carboxylic acid groups (broad SMARTS) is 1. The minimum atomic E-state index is -1.56. The van der Waals surface area contributed by atoms with Crippen molar-refractivity contribution in [3.63, 3.8) is 0 Å². The molecule has 0 spiro atoms. The third-order valence-corrected chi connectivity index (χ3v) is 5.34. The number of rotatable bonds is 6. The number of benzene rings is 3. The second kappa shape index (κ2) is 8.55. The molecular formula is C24H18F2NO4-. The summed E-state index contributed by atoms with van der Waals surface area (Å²) in [7, 11) is 0. The first-order chi connectivity index (χ1) is 14.9. The van der Waals surface area contributed by atoms with Gasteiger partial charge in [-0.2, -0.15) is 0 Å². The maximum atomic E-state index is 13.4. The highest BCUT2D eigenvalue weighted by Crippen LogP contribution is 2.44. The number of carboxylic acids is 1. The van der Waals surface area contributed by atoms with E-state index in [2.05, 4.69) is 5.32 Å². The summed E-state index contributed by atoms with van der Waals surface area (Å²) in [5, 5.41) is 13.7. The molecule has 1 N–H and O–H groups in total. The van der Waals surface area contributed by atoms with Crippen LogP contribution < -0.4 is 10.4 Å². The number of alkyl carbamates (subject to hydrolysis) is 1. The monoisotopic (exact) mass is 422 g/mol. The first kappa shape index (κ1) is 20.5. The zero-order chi connectivity index (χ0) is 22.0. The molecule has 3 aromatic carbocycles. The number of hydrogen-bond acceptors (Lipinski definition) is 4. The van der Waals surface area contributed by atoms with Gasteiger partial charge in [0, 0.05) is 5.92 Å². The predicted octanol–water partition coefficient (Wildman–Crippen LogP) is 3.16. The van der Waals surface area contributed by atoms with Crippen LogP contribution in [0, 0.1) is 11.6 Å². The van der Waals surface area contributed by atoms with Crippen LogP contribution in [0.25, 0.3) is 11.1 Å². The van der Waals surface area contributed by atoms with Crippen molar-refractivity contribution in [3.8, 4) is 11.1 Å². The molecule has 0 fully saturated rings. The van der Waals surface area contributed by atoms with Crippen molar-refractivity contribution >= 4 is 12.1 Å². The molecule has 7 heteroatoms. The average Bonchev–Trinajstić information content (AvgIpc) is 3.08. The van der Waals surface area contributed by atoms with E-state index in [0.29, 0.717) is 0 Å². The highest BCUT2D eigenvalue weighted by atomic mass is 19.2. The molecule has 1 atom stereocenters. The average molecular weight is 422 g/mol. The number of halogens is 2. The zero-order valence-electron chi connectivity index (χ0n) is 16.3. The summed E-state index contributed by atoms with van der Waals surface area (Å²) in [4.78, 5) is 23.7. The molecule has 158 valence electrons. The van der Waals surface area contributed by atoms with Crippen molar-refractivity contribution in [2.75, 3.05) is 6.61 Å². The van der Waals surface area contributed by atoms with Crippen LogP contribution in [0.4, 0.5) is 13.6 Å². The molecule has 1 amide bonds. The Hall–Kier alpha value is -3.74. The maximum absolute atomic E-state index is 13.4. The quantitative estimate of drug-likeness (QED) is 0.662. The standard InChI is InChI=1S/C24H19F2NO4/c25-20-10-9-14(11-21(20)26)12-22(23(28)29)27-24(30)31-13-19-17-7-3-1-5-15(17)16-6-2-4-8-18(16)19/h1-11,19,22H,12-13H2,(H,27,30)(H,28,29)/p-1/t22-/m0/s1. The second-order valence-corrected chi connectivity index (χ2v) is 7.29. The zero-order valence-corrected chi connectivity index (χ0v) is 16.3. The minimum absolute atomic E-state index is 0.0187. The van der Waals surface area contributed by atoms with Crippen LogP contribution in [0.15, 0.2) is 66.7 Å². The van der Waals surface area contributed by atoms with E-state index < -0.39 is 29.7 Å².